The van der Waals surface area contributed by atoms with Gasteiger partial charge in [-0.25, -0.2) is 0 Å². The Kier molecular flexibility index (Phi) is 13.0. The Labute approximate surface area is 632 Å². The van der Waals surface area contributed by atoms with Gasteiger partial charge in [0.1, 0.15) is 0 Å². The van der Waals surface area contributed by atoms with Gasteiger partial charge in [0.15, 0.2) is 0 Å². The van der Waals surface area contributed by atoms with Crippen LogP contribution in [-0.2, 0) is 25.7 Å². The third-order valence-electron chi connectivity index (χ3n) is 24.0. The van der Waals surface area contributed by atoms with Crippen LogP contribution in [0.4, 0.5) is 0 Å². The first-order chi connectivity index (χ1) is 52.0. The van der Waals surface area contributed by atoms with Crippen molar-refractivity contribution in [2.45, 2.75) is 25.7 Å². The van der Waals surface area contributed by atoms with Crippen molar-refractivity contribution < 1.29 is 0 Å². The first-order valence-electron chi connectivity index (χ1n) is 36.1. The van der Waals surface area contributed by atoms with Gasteiger partial charge in [-0.3, -0.25) is 0 Å². The molecule has 0 saturated heterocycles. The van der Waals surface area contributed by atoms with Gasteiger partial charge in [-0.1, -0.05) is 0 Å². The standard InChI is InChI=1S/C96H56N4Se4Si/c1-5-21-57-53(17-1)41-73-61(57)33-37-65-77(73)49-89-81(65)45-85(97-101-89)69-25-9-13-29-93(69)105(94-30-14-10-26-70(94)86-46-82-66-38-34-62-58-22-6-2-18-54(58)42-74(62)78(66)50-90(82)102-98-86,95-31-15-11-27-71(95)87-47-83-67-39-35-63-59-23-7-3-19-55(59)43-75(63)79(67)51-91(83)103-99-87)96-32-16-12-28-72(96)88-48-84-68-40-36-64-60-24-8-4-20-56(60)44-76(64)80(68)52-92(84)104-100-88/h1-40,45-52H,41-44H2. The molecule has 0 atom stereocenters. The van der Waals surface area contributed by atoms with Crippen LogP contribution in [0.15, 0.2) is 291 Å². The van der Waals surface area contributed by atoms with E-state index in [2.05, 4.69) is 291 Å². The molecule has 12 aromatic rings. The molecule has 0 N–H and O–H groups in total. The summed E-state index contributed by atoms with van der Waals surface area (Å²) in [5.41, 5.74) is 36.3. The number of hydrogen-bond acceptors (Lipinski definition) is 4. The summed E-state index contributed by atoms with van der Waals surface area (Å²) in [6.07, 6.45) is 3.78. The van der Waals surface area contributed by atoms with Crippen molar-refractivity contribution >= 4 is 131 Å². The van der Waals surface area contributed by atoms with Crippen molar-refractivity contribution in [2.75, 3.05) is 0 Å². The third-order valence-corrected chi connectivity index (χ3v) is 35.9. The Balaban J connectivity index is 0.789. The van der Waals surface area contributed by atoms with E-state index in [0.29, 0.717) is 0 Å². The first-order valence-corrected chi connectivity index (χ1v) is 44.6. The molecule has 9 heteroatoms. The van der Waals surface area contributed by atoms with Crippen LogP contribution in [0.25, 0.3) is 173 Å². The third kappa shape index (κ3) is 8.62. The second-order valence-corrected chi connectivity index (χ2v) is 39.4. The van der Waals surface area contributed by atoms with Crippen LogP contribution >= 0.6 is 0 Å². The monoisotopic (exact) mass is 1610 g/mol. The fraction of sp³-hybridized carbons (Fsp3) is 0.0417. The molecular weight excluding hydrogens is 1550 g/mol. The molecule has 0 bridgehead atoms. The fourth-order valence-electron chi connectivity index (χ4n) is 19.4. The Morgan fingerprint density at radius 2 is 0.410 bits per heavy atom. The van der Waals surface area contributed by atoms with Crippen molar-refractivity contribution in [3.63, 3.8) is 0 Å². The number of nitrogens with zero attached hydrogens (tertiary/aromatic N) is 4. The van der Waals surface area contributed by atoms with E-state index in [4.69, 9.17) is 15.9 Å². The van der Waals surface area contributed by atoms with Crippen molar-refractivity contribution in [3.8, 4) is 130 Å². The van der Waals surface area contributed by atoms with Gasteiger partial charge in [0.25, 0.3) is 0 Å². The molecular formula is C96H56N4Se4Si. The molecule has 0 unspecified atom stereocenters. The Hall–Kier alpha value is -10.5. The molecule has 4 aliphatic heterocycles. The van der Waals surface area contributed by atoms with Gasteiger partial charge in [0.2, 0.25) is 0 Å². The number of aromatic nitrogens is 4. The molecule has 4 heterocycles. The fourth-order valence-corrected chi connectivity index (χ4v) is 31.5. The van der Waals surface area contributed by atoms with Gasteiger partial charge >= 0.3 is 638 Å². The Morgan fingerprint density at radius 1 is 0.190 bits per heavy atom. The minimum atomic E-state index is -3.91. The molecule has 4 nitrogen and oxygen atoms in total. The van der Waals surface area contributed by atoms with Gasteiger partial charge in [0.05, 0.1) is 0 Å². The van der Waals surface area contributed by atoms with Gasteiger partial charge in [-0.2, -0.15) is 0 Å². The molecule has 0 aromatic heterocycles. The Bertz CT molecular complexity index is 6180. The molecule has 12 aromatic carbocycles. The van der Waals surface area contributed by atoms with Gasteiger partial charge in [-0.15, -0.1) is 0 Å². The molecule has 0 fully saturated rings. The van der Waals surface area contributed by atoms with Crippen LogP contribution in [0.5, 0.6) is 0 Å². The molecule has 8 aliphatic carbocycles. The zero-order chi connectivity index (χ0) is 68.3. The predicted octanol–water partition coefficient (Wildman–Crippen LogP) is 18.9. The predicted molar refractivity (Wildman–Crippen MR) is 440 cm³/mol. The number of hydrogen-bond donors (Lipinski definition) is 0. The van der Waals surface area contributed by atoms with Crippen LogP contribution in [-0.4, -0.2) is 82.9 Å². The number of fused-ring (bicyclic) bond motifs is 28. The van der Waals surface area contributed by atoms with E-state index in [9.17, 15) is 0 Å². The summed E-state index contributed by atoms with van der Waals surface area (Å²) in [7, 11) is -3.91. The Morgan fingerprint density at radius 3 is 0.657 bits per heavy atom. The quantitative estimate of drug-likeness (QED) is 0.112. The summed E-state index contributed by atoms with van der Waals surface area (Å²) < 4.78 is 28.9. The first kappa shape index (κ1) is 59.9. The molecule has 488 valence electrons. The summed E-state index contributed by atoms with van der Waals surface area (Å²) >= 11 is -0.809. The summed E-state index contributed by atoms with van der Waals surface area (Å²) in [4.78, 5) is 0. The van der Waals surface area contributed by atoms with E-state index >= 15 is 0 Å². The van der Waals surface area contributed by atoms with Crippen LogP contribution < -0.4 is 20.7 Å². The van der Waals surface area contributed by atoms with Gasteiger partial charge in [-0.05, 0) is 0 Å². The SMILES string of the molecule is c1ccc2c(c1)Cc1c-2ccc2c3cc(-c4ccccc4[Si](c4ccccc4-c4cc5c6ccc7c(c6cc-5[se]n4)Cc4ccccc4-7)(c4ccccc4-c4cc5c6ccc7c(c6cc-5[se]n4)Cc4ccccc4-7)c4ccccc4-c4cc5c6ccc7c(c6cc-5[se]n4)Cc4ccccc4-7)n[se]c-3cc12. The van der Waals surface area contributed by atoms with Crippen molar-refractivity contribution in [1.29, 1.82) is 0 Å². The minimum absolute atomic E-state index is 0.202. The number of benzene rings is 12. The van der Waals surface area contributed by atoms with E-state index in [1.165, 1.54) is 193 Å². The molecule has 105 heavy (non-hydrogen) atoms. The van der Waals surface area contributed by atoms with Crippen molar-refractivity contribution in [2.24, 2.45) is 0 Å². The maximum absolute atomic E-state index is 5.88. The molecule has 24 rings (SSSR count). The van der Waals surface area contributed by atoms with Crippen molar-refractivity contribution in [1.82, 2.24) is 15.9 Å². The van der Waals surface area contributed by atoms with E-state index in [-0.39, 0.29) is 58.9 Å². The molecule has 0 saturated carbocycles. The average molecular weight is 1610 g/mol. The normalized spacial score (nSPS) is 13.2. The topological polar surface area (TPSA) is 51.6 Å². The number of rotatable bonds is 8. The summed E-state index contributed by atoms with van der Waals surface area (Å²) in [5, 5.41) is 15.8. The van der Waals surface area contributed by atoms with Crippen LogP contribution in [0.2, 0.25) is 0 Å². The second kappa shape index (κ2) is 22.8. The zero-order valence-electron chi connectivity index (χ0n) is 56.5. The molecule has 0 spiro atoms. The van der Waals surface area contributed by atoms with Crippen LogP contribution in [0.1, 0.15) is 44.5 Å². The summed E-state index contributed by atoms with van der Waals surface area (Å²) in [6.45, 7) is 0. The van der Waals surface area contributed by atoms with Gasteiger partial charge in [0, 0.05) is 0 Å². The van der Waals surface area contributed by atoms with Crippen LogP contribution in [0, 0.1) is 0 Å². The molecule has 0 radical (unpaired) electrons. The molecule has 12 aliphatic rings. The van der Waals surface area contributed by atoms with E-state index in [1.807, 2.05) is 0 Å². The zero-order valence-corrected chi connectivity index (χ0v) is 64.3. The summed E-state index contributed by atoms with van der Waals surface area (Å²) in [6, 6.07) is 113. The maximum atomic E-state index is 5.88. The average Bonchev–Trinajstić information content (AvgIpc) is 1.69. The van der Waals surface area contributed by atoms with E-state index < -0.39 is 8.07 Å². The van der Waals surface area contributed by atoms with E-state index in [0.717, 1.165) is 70.7 Å². The van der Waals surface area contributed by atoms with Crippen molar-refractivity contribution in [3.05, 3.63) is 336 Å². The van der Waals surface area contributed by atoms with Gasteiger partial charge < -0.3 is 0 Å². The molecule has 0 amide bonds. The summed E-state index contributed by atoms with van der Waals surface area (Å²) in [5.74, 6) is 0. The van der Waals surface area contributed by atoms with E-state index in [1.54, 1.807) is 0 Å². The van der Waals surface area contributed by atoms with Crippen LogP contribution in [0.3, 0.4) is 0 Å². The second-order valence-electron chi connectivity index (χ2n) is 29.0.